The van der Waals surface area contributed by atoms with Crippen molar-refractivity contribution in [3.8, 4) is 28.0 Å². The van der Waals surface area contributed by atoms with E-state index in [0.29, 0.717) is 52.2 Å². The molecule has 3 atom stereocenters. The minimum absolute atomic E-state index is 0.0140. The molecule has 1 saturated heterocycles. The van der Waals surface area contributed by atoms with E-state index in [-0.39, 0.29) is 12.0 Å². The number of thiazole rings is 1. The van der Waals surface area contributed by atoms with Crippen molar-refractivity contribution in [2.75, 3.05) is 13.1 Å². The predicted molar refractivity (Wildman–Crippen MR) is 152 cm³/mol. The largest absolute Gasteiger partial charge is 0.474 e. The van der Waals surface area contributed by atoms with Gasteiger partial charge in [0, 0.05) is 54.5 Å². The number of pyridine rings is 1. The van der Waals surface area contributed by atoms with Gasteiger partial charge in [0.2, 0.25) is 5.88 Å². The number of ether oxygens (including phenoxy) is 1. The van der Waals surface area contributed by atoms with Gasteiger partial charge < -0.3 is 15.4 Å². The van der Waals surface area contributed by atoms with Crippen LogP contribution in [-0.4, -0.2) is 49.9 Å². The molecule has 0 bridgehead atoms. The molecule has 6 rings (SSSR count). The standard InChI is InChI=1S/C30H32N6O2S/c1-16-7-8-19(11-17(16)2)23-12-20(30(4,5)31)13-24(35-23)38-25-21-14-36(15-22(21)25)29(37)26-18(3)34-28(39-26)27-32-9-6-10-33-27/h6-13,21-22,25H,14-15,31H2,1-5H3/t21-,22+,25-. The van der Waals surface area contributed by atoms with Crippen LogP contribution in [0, 0.1) is 32.6 Å². The van der Waals surface area contributed by atoms with E-state index in [1.807, 2.05) is 31.7 Å². The summed E-state index contributed by atoms with van der Waals surface area (Å²) in [6.07, 6.45) is 3.40. The fraction of sp³-hybridized carbons (Fsp3) is 0.367. The van der Waals surface area contributed by atoms with Crippen molar-refractivity contribution in [1.29, 1.82) is 0 Å². The van der Waals surface area contributed by atoms with Crippen LogP contribution in [0.5, 0.6) is 5.88 Å². The van der Waals surface area contributed by atoms with Crippen molar-refractivity contribution in [3.63, 3.8) is 0 Å². The Hall–Kier alpha value is -3.69. The summed E-state index contributed by atoms with van der Waals surface area (Å²) in [5.74, 6) is 1.72. The lowest BCUT2D eigenvalue weighted by Gasteiger charge is -2.22. The van der Waals surface area contributed by atoms with Crippen LogP contribution >= 0.6 is 11.3 Å². The molecule has 1 saturated carbocycles. The minimum Gasteiger partial charge on any atom is -0.474 e. The molecular formula is C30H32N6O2S. The van der Waals surface area contributed by atoms with Gasteiger partial charge in [-0.2, -0.15) is 0 Å². The van der Waals surface area contributed by atoms with Crippen molar-refractivity contribution in [2.24, 2.45) is 17.6 Å². The molecule has 2 aliphatic rings. The third-order valence-electron chi connectivity index (χ3n) is 7.76. The molecule has 1 aliphatic carbocycles. The maximum absolute atomic E-state index is 13.3. The summed E-state index contributed by atoms with van der Waals surface area (Å²) in [6, 6.07) is 12.1. The second-order valence-corrected chi connectivity index (χ2v) is 12.2. The molecule has 0 unspecified atom stereocenters. The fourth-order valence-corrected chi connectivity index (χ4v) is 6.16. The summed E-state index contributed by atoms with van der Waals surface area (Å²) in [4.78, 5) is 33.8. The Morgan fingerprint density at radius 2 is 1.74 bits per heavy atom. The van der Waals surface area contributed by atoms with Crippen molar-refractivity contribution >= 4 is 17.2 Å². The highest BCUT2D eigenvalue weighted by molar-refractivity contribution is 7.17. The lowest BCUT2D eigenvalue weighted by Crippen LogP contribution is -2.33. The SMILES string of the molecule is Cc1ccc(-c2cc(C(C)(C)N)cc(O[C@@H]3[C@@H]4CN(C(=O)c5sc(-c6ncccn6)nc5C)C[C@@H]43)n2)cc1C. The highest BCUT2D eigenvalue weighted by Gasteiger charge is 2.59. The van der Waals surface area contributed by atoms with Gasteiger partial charge in [-0.05, 0) is 69.5 Å². The van der Waals surface area contributed by atoms with Crippen LogP contribution in [0.3, 0.4) is 0 Å². The second kappa shape index (κ2) is 9.50. The molecule has 0 radical (unpaired) electrons. The molecule has 1 amide bonds. The van der Waals surface area contributed by atoms with E-state index < -0.39 is 5.54 Å². The number of nitrogens with zero attached hydrogens (tertiary/aromatic N) is 5. The third kappa shape index (κ3) is 4.92. The lowest BCUT2D eigenvalue weighted by molar-refractivity contribution is 0.0755. The predicted octanol–water partition coefficient (Wildman–Crippen LogP) is 4.93. The summed E-state index contributed by atoms with van der Waals surface area (Å²) in [7, 11) is 0. The molecule has 200 valence electrons. The van der Waals surface area contributed by atoms with E-state index in [1.165, 1.54) is 22.5 Å². The lowest BCUT2D eigenvalue weighted by atomic mass is 9.94. The normalized spacial score (nSPS) is 20.2. The maximum atomic E-state index is 13.3. The molecule has 2 N–H and O–H groups in total. The van der Waals surface area contributed by atoms with Crippen molar-refractivity contribution in [1.82, 2.24) is 24.8 Å². The molecule has 2 fully saturated rings. The van der Waals surface area contributed by atoms with Crippen molar-refractivity contribution in [2.45, 2.75) is 46.3 Å². The van der Waals surface area contributed by atoms with Gasteiger partial charge in [0.05, 0.1) is 11.4 Å². The Morgan fingerprint density at radius 3 is 2.41 bits per heavy atom. The Bertz CT molecular complexity index is 1550. The zero-order valence-electron chi connectivity index (χ0n) is 22.8. The van der Waals surface area contributed by atoms with Crippen LogP contribution in [-0.2, 0) is 5.54 Å². The number of rotatable bonds is 6. The number of hydrogen-bond donors (Lipinski definition) is 1. The summed E-state index contributed by atoms with van der Waals surface area (Å²) < 4.78 is 6.43. The zero-order chi connectivity index (χ0) is 27.5. The van der Waals surface area contributed by atoms with E-state index in [9.17, 15) is 4.79 Å². The first-order chi connectivity index (χ1) is 18.6. The molecular weight excluding hydrogens is 508 g/mol. The van der Waals surface area contributed by atoms with Crippen molar-refractivity contribution in [3.05, 3.63) is 76.1 Å². The number of piperidine rings is 1. The number of likely N-dealkylation sites (tertiary alicyclic amines) is 1. The van der Waals surface area contributed by atoms with E-state index in [2.05, 4.69) is 53.1 Å². The Morgan fingerprint density at radius 1 is 1.03 bits per heavy atom. The average Bonchev–Trinajstić information content (AvgIpc) is 3.22. The van der Waals surface area contributed by atoms with E-state index in [1.54, 1.807) is 18.5 Å². The summed E-state index contributed by atoms with van der Waals surface area (Å²) in [5, 5.41) is 0.662. The average molecular weight is 541 g/mol. The molecule has 39 heavy (non-hydrogen) atoms. The van der Waals surface area contributed by atoms with E-state index >= 15 is 0 Å². The number of amides is 1. The van der Waals surface area contributed by atoms with Crippen molar-refractivity contribution < 1.29 is 9.53 Å². The van der Waals surface area contributed by atoms with Crippen LogP contribution < -0.4 is 10.5 Å². The number of nitrogens with two attached hydrogens (primary N) is 1. The van der Waals surface area contributed by atoms with Crippen LogP contribution in [0.15, 0.2) is 48.8 Å². The molecule has 9 heteroatoms. The fourth-order valence-electron chi connectivity index (χ4n) is 5.18. The number of aromatic nitrogens is 4. The number of carbonyl (C=O) groups is 1. The smallest absolute Gasteiger partial charge is 0.265 e. The number of hydrogen-bond acceptors (Lipinski definition) is 8. The summed E-state index contributed by atoms with van der Waals surface area (Å²) in [5.41, 5.74) is 12.0. The highest BCUT2D eigenvalue weighted by Crippen LogP contribution is 2.48. The first-order valence-electron chi connectivity index (χ1n) is 13.2. The molecule has 0 spiro atoms. The third-order valence-corrected chi connectivity index (χ3v) is 8.90. The quantitative estimate of drug-likeness (QED) is 0.369. The molecule has 1 aliphatic heterocycles. The Kier molecular flexibility index (Phi) is 6.23. The van der Waals surface area contributed by atoms with Gasteiger partial charge >= 0.3 is 0 Å². The van der Waals surface area contributed by atoms with Gasteiger partial charge in [0.1, 0.15) is 11.0 Å². The van der Waals surface area contributed by atoms with Crippen LogP contribution in [0.2, 0.25) is 0 Å². The Balaban J connectivity index is 1.17. The van der Waals surface area contributed by atoms with Gasteiger partial charge in [-0.15, -0.1) is 11.3 Å². The molecule has 8 nitrogen and oxygen atoms in total. The van der Waals surface area contributed by atoms with Gasteiger partial charge in [-0.3, -0.25) is 4.79 Å². The molecule has 4 heterocycles. The Labute approximate surface area is 232 Å². The zero-order valence-corrected chi connectivity index (χ0v) is 23.6. The maximum Gasteiger partial charge on any atom is 0.265 e. The van der Waals surface area contributed by atoms with Crippen LogP contribution in [0.25, 0.3) is 22.1 Å². The summed E-state index contributed by atoms with van der Waals surface area (Å²) in [6.45, 7) is 11.4. The first kappa shape index (κ1) is 25.6. The number of fused-ring (bicyclic) bond motifs is 1. The summed E-state index contributed by atoms with van der Waals surface area (Å²) >= 11 is 1.35. The number of benzene rings is 1. The molecule has 4 aromatic rings. The van der Waals surface area contributed by atoms with Gasteiger partial charge in [-0.25, -0.2) is 19.9 Å². The highest BCUT2D eigenvalue weighted by atomic mass is 32.1. The van der Waals surface area contributed by atoms with Crippen LogP contribution in [0.4, 0.5) is 0 Å². The second-order valence-electron chi connectivity index (χ2n) is 11.2. The first-order valence-corrected chi connectivity index (χ1v) is 14.0. The van der Waals surface area contributed by atoms with E-state index in [0.717, 1.165) is 16.8 Å². The van der Waals surface area contributed by atoms with Crippen LogP contribution in [0.1, 0.15) is 45.9 Å². The van der Waals surface area contributed by atoms with Gasteiger partial charge in [0.15, 0.2) is 10.8 Å². The monoisotopic (exact) mass is 540 g/mol. The number of carbonyl (C=O) groups excluding carboxylic acids is 1. The molecule has 3 aromatic heterocycles. The minimum atomic E-state index is -0.533. The topological polar surface area (TPSA) is 107 Å². The van der Waals surface area contributed by atoms with Gasteiger partial charge in [-0.1, -0.05) is 12.1 Å². The van der Waals surface area contributed by atoms with E-state index in [4.69, 9.17) is 15.5 Å². The number of aryl methyl sites for hydroxylation is 3. The molecule has 1 aromatic carbocycles. The van der Waals surface area contributed by atoms with Gasteiger partial charge in [0.25, 0.3) is 5.91 Å².